The fourth-order valence-corrected chi connectivity index (χ4v) is 2.26. The number of hydrogen-bond donors (Lipinski definition) is 1. The molecule has 2 fully saturated rings. The van der Waals surface area contributed by atoms with Crippen LogP contribution in [0.3, 0.4) is 0 Å². The van der Waals surface area contributed by atoms with Crippen LogP contribution in [0.15, 0.2) is 18.2 Å². The van der Waals surface area contributed by atoms with Crippen LogP contribution in [0, 0.1) is 5.92 Å². The van der Waals surface area contributed by atoms with Gasteiger partial charge in [-0.25, -0.2) is 0 Å². The summed E-state index contributed by atoms with van der Waals surface area (Å²) in [7, 11) is 0. The Morgan fingerprint density at radius 2 is 2.12 bits per heavy atom. The number of rotatable bonds is 5. The summed E-state index contributed by atoms with van der Waals surface area (Å²) in [6, 6.07) is 6.01. The molecule has 0 amide bonds. The highest BCUT2D eigenvalue weighted by Gasteiger charge is 2.38. The van der Waals surface area contributed by atoms with Gasteiger partial charge in [0.15, 0.2) is 0 Å². The fraction of sp³-hybridized carbons (Fsp3) is 0.571. The van der Waals surface area contributed by atoms with Crippen LogP contribution < -0.4 is 10.5 Å². The molecule has 1 aromatic carbocycles. The minimum Gasteiger partial charge on any atom is -0.492 e. The van der Waals surface area contributed by atoms with Crippen LogP contribution >= 0.6 is 11.6 Å². The Bertz CT molecular complexity index is 424. The first-order valence-corrected chi connectivity index (χ1v) is 6.73. The van der Waals surface area contributed by atoms with Crippen LogP contribution in [0.1, 0.15) is 31.2 Å². The maximum absolute atomic E-state index is 6.37. The largest absolute Gasteiger partial charge is 0.492 e. The first-order valence-electron chi connectivity index (χ1n) is 6.35. The Kier molecular flexibility index (Phi) is 2.80. The quantitative estimate of drug-likeness (QED) is 0.873. The van der Waals surface area contributed by atoms with Crippen molar-refractivity contribution in [1.29, 1.82) is 0 Å². The highest BCUT2D eigenvalue weighted by atomic mass is 35.5. The van der Waals surface area contributed by atoms with Gasteiger partial charge in [-0.05, 0) is 49.7 Å². The second-order valence-electron chi connectivity index (χ2n) is 5.52. The summed E-state index contributed by atoms with van der Waals surface area (Å²) in [6.07, 6.45) is 5.67. The van der Waals surface area contributed by atoms with E-state index in [1.165, 1.54) is 12.8 Å². The molecule has 1 aromatic rings. The van der Waals surface area contributed by atoms with Crippen molar-refractivity contribution in [1.82, 2.24) is 0 Å². The lowest BCUT2D eigenvalue weighted by atomic mass is 10.0. The van der Waals surface area contributed by atoms with Gasteiger partial charge in [0.1, 0.15) is 5.75 Å². The van der Waals surface area contributed by atoms with Crippen molar-refractivity contribution in [3.8, 4) is 5.75 Å². The molecule has 2 saturated carbocycles. The van der Waals surface area contributed by atoms with Gasteiger partial charge < -0.3 is 10.5 Å². The molecule has 0 spiro atoms. The molecular formula is C14H18ClNO. The standard InChI is InChI=1S/C14H18ClNO/c15-13-11(8-14(16)6-7-14)2-1-3-12(13)17-9-10-4-5-10/h1-3,10H,4-9,16H2. The van der Waals surface area contributed by atoms with E-state index in [1.807, 2.05) is 12.1 Å². The Morgan fingerprint density at radius 3 is 2.76 bits per heavy atom. The first-order chi connectivity index (χ1) is 8.16. The van der Waals surface area contributed by atoms with Gasteiger partial charge in [0.05, 0.1) is 11.6 Å². The topological polar surface area (TPSA) is 35.2 Å². The first kappa shape index (κ1) is 11.4. The molecule has 0 radical (unpaired) electrons. The number of hydrogen-bond acceptors (Lipinski definition) is 2. The molecule has 2 aliphatic carbocycles. The van der Waals surface area contributed by atoms with Crippen molar-refractivity contribution in [2.75, 3.05) is 6.61 Å². The third-order valence-corrected chi connectivity index (χ3v) is 4.08. The SMILES string of the molecule is NC1(Cc2cccc(OCC3CC3)c2Cl)CC1. The minimum atomic E-state index is -0.00123. The molecule has 2 nitrogen and oxygen atoms in total. The Hall–Kier alpha value is -0.730. The van der Waals surface area contributed by atoms with Gasteiger partial charge in [-0.1, -0.05) is 23.7 Å². The number of benzene rings is 1. The molecular weight excluding hydrogens is 234 g/mol. The van der Waals surface area contributed by atoms with Crippen LogP contribution in [-0.2, 0) is 6.42 Å². The van der Waals surface area contributed by atoms with Crippen molar-refractivity contribution in [2.24, 2.45) is 11.7 Å². The predicted octanol–water partition coefficient (Wildman–Crippen LogP) is 3.16. The van der Waals surface area contributed by atoms with E-state index in [9.17, 15) is 0 Å². The van der Waals surface area contributed by atoms with Crippen LogP contribution in [0.5, 0.6) is 5.75 Å². The molecule has 3 heteroatoms. The van der Waals surface area contributed by atoms with Gasteiger partial charge in [0.25, 0.3) is 0 Å². The molecule has 2 N–H and O–H groups in total. The van der Waals surface area contributed by atoms with Gasteiger partial charge in [-0.2, -0.15) is 0 Å². The molecule has 0 bridgehead atoms. The van der Waals surface area contributed by atoms with E-state index in [4.69, 9.17) is 22.1 Å². The van der Waals surface area contributed by atoms with E-state index in [2.05, 4.69) is 6.07 Å². The number of ether oxygens (including phenoxy) is 1. The summed E-state index contributed by atoms with van der Waals surface area (Å²) in [5.41, 5.74) is 7.25. The third-order valence-electron chi connectivity index (χ3n) is 3.65. The molecule has 0 atom stereocenters. The highest BCUT2D eigenvalue weighted by molar-refractivity contribution is 6.32. The van der Waals surface area contributed by atoms with Gasteiger partial charge in [0, 0.05) is 5.54 Å². The summed E-state index contributed by atoms with van der Waals surface area (Å²) < 4.78 is 5.76. The smallest absolute Gasteiger partial charge is 0.138 e. The van der Waals surface area contributed by atoms with E-state index in [-0.39, 0.29) is 5.54 Å². The van der Waals surface area contributed by atoms with Gasteiger partial charge >= 0.3 is 0 Å². The molecule has 0 heterocycles. The molecule has 0 aromatic heterocycles. The van der Waals surface area contributed by atoms with Crippen LogP contribution in [0.2, 0.25) is 5.02 Å². The van der Waals surface area contributed by atoms with Gasteiger partial charge in [-0.3, -0.25) is 0 Å². The number of nitrogens with two attached hydrogens (primary N) is 1. The zero-order valence-corrected chi connectivity index (χ0v) is 10.7. The minimum absolute atomic E-state index is 0.00123. The summed E-state index contributed by atoms with van der Waals surface area (Å²) in [4.78, 5) is 0. The molecule has 17 heavy (non-hydrogen) atoms. The highest BCUT2D eigenvalue weighted by Crippen LogP contribution is 2.39. The normalized spacial score (nSPS) is 21.3. The van der Waals surface area contributed by atoms with E-state index in [0.29, 0.717) is 0 Å². The molecule has 3 rings (SSSR count). The Balaban J connectivity index is 1.71. The second-order valence-corrected chi connectivity index (χ2v) is 5.90. The van der Waals surface area contributed by atoms with Crippen LogP contribution in [-0.4, -0.2) is 12.1 Å². The second kappa shape index (κ2) is 4.18. The fourth-order valence-electron chi connectivity index (χ4n) is 2.01. The maximum atomic E-state index is 6.37. The molecule has 2 aliphatic rings. The van der Waals surface area contributed by atoms with Crippen molar-refractivity contribution in [3.05, 3.63) is 28.8 Å². The lowest BCUT2D eigenvalue weighted by molar-refractivity contribution is 0.299. The predicted molar refractivity (Wildman–Crippen MR) is 69.5 cm³/mol. The zero-order valence-electron chi connectivity index (χ0n) is 9.92. The average molecular weight is 252 g/mol. The summed E-state index contributed by atoms with van der Waals surface area (Å²) in [5.74, 6) is 1.57. The monoisotopic (exact) mass is 251 g/mol. The van der Waals surface area contributed by atoms with E-state index < -0.39 is 0 Å². The molecule has 0 aliphatic heterocycles. The van der Waals surface area contributed by atoms with Gasteiger partial charge in [-0.15, -0.1) is 0 Å². The maximum Gasteiger partial charge on any atom is 0.138 e. The lowest BCUT2D eigenvalue weighted by Crippen LogP contribution is -2.24. The van der Waals surface area contributed by atoms with Crippen molar-refractivity contribution in [3.63, 3.8) is 0 Å². The van der Waals surface area contributed by atoms with E-state index in [0.717, 1.165) is 48.1 Å². The summed E-state index contributed by atoms with van der Waals surface area (Å²) in [6.45, 7) is 0.803. The van der Waals surface area contributed by atoms with Gasteiger partial charge in [0.2, 0.25) is 0 Å². The lowest BCUT2D eigenvalue weighted by Gasteiger charge is -2.13. The Labute approximate surface area is 107 Å². The summed E-state index contributed by atoms with van der Waals surface area (Å²) in [5, 5.41) is 0.755. The number of halogens is 1. The average Bonchev–Trinajstić information content (AvgIpc) is 3.19. The Morgan fingerprint density at radius 1 is 1.35 bits per heavy atom. The summed E-state index contributed by atoms with van der Waals surface area (Å²) >= 11 is 6.37. The zero-order chi connectivity index (χ0) is 11.9. The molecule has 0 unspecified atom stereocenters. The van der Waals surface area contributed by atoms with Crippen LogP contribution in [0.4, 0.5) is 0 Å². The van der Waals surface area contributed by atoms with E-state index >= 15 is 0 Å². The van der Waals surface area contributed by atoms with Crippen LogP contribution in [0.25, 0.3) is 0 Å². The molecule has 0 saturated heterocycles. The van der Waals surface area contributed by atoms with E-state index in [1.54, 1.807) is 0 Å². The van der Waals surface area contributed by atoms with Crippen molar-refractivity contribution < 1.29 is 4.74 Å². The molecule has 92 valence electrons. The third kappa shape index (κ3) is 2.75. The van der Waals surface area contributed by atoms with Crippen molar-refractivity contribution in [2.45, 2.75) is 37.6 Å². The van der Waals surface area contributed by atoms with Crippen molar-refractivity contribution >= 4 is 11.6 Å².